The van der Waals surface area contributed by atoms with Gasteiger partial charge in [0.25, 0.3) is 0 Å². The minimum absolute atomic E-state index is 0.137. The third-order valence-corrected chi connectivity index (χ3v) is 13.3. The number of benzene rings is 2. The zero-order valence-electron chi connectivity index (χ0n) is 39.9. The molecule has 0 saturated heterocycles. The maximum absolute atomic E-state index is 12.8. The van der Waals surface area contributed by atoms with Gasteiger partial charge in [-0.1, -0.05) is 49.6 Å². The Labute approximate surface area is 410 Å². The molecule has 1 aromatic heterocycles. The van der Waals surface area contributed by atoms with Gasteiger partial charge in [-0.15, -0.1) is 0 Å². The Morgan fingerprint density at radius 2 is 1.10 bits per heavy atom. The van der Waals surface area contributed by atoms with E-state index in [1.165, 1.54) is 6.08 Å². The molecule has 1 heterocycles. The van der Waals surface area contributed by atoms with Crippen molar-refractivity contribution < 1.29 is 57.1 Å². The van der Waals surface area contributed by atoms with Crippen LogP contribution >= 0.6 is 11.3 Å². The van der Waals surface area contributed by atoms with Crippen molar-refractivity contribution >= 4 is 62.7 Å². The molecule has 0 spiro atoms. The van der Waals surface area contributed by atoms with Crippen molar-refractivity contribution in [3.05, 3.63) is 86.0 Å². The highest BCUT2D eigenvalue weighted by molar-refractivity contribution is 7.22. The van der Waals surface area contributed by atoms with Crippen LogP contribution in [0, 0.1) is 23.7 Å². The highest BCUT2D eigenvalue weighted by atomic mass is 32.1. The minimum Gasteiger partial charge on any atom is -0.493 e. The zero-order chi connectivity index (χ0) is 49.1. The van der Waals surface area contributed by atoms with Crippen LogP contribution in [0.25, 0.3) is 10.2 Å². The molecule has 69 heavy (non-hydrogen) atoms. The standard InChI is InChI=1S/C53H69N3O12S/c1-4-48(57)62-30-12-8-7-11-29-56(53-55-45-17-9-10-18-47(45)69-53)54-36-43-35-44(67-37-39-19-23-41(24-20-39)51(60)65-33-15-13-31-63-49(58)5-2)27-28-46(43)68-38-40-21-25-42(26-22-40)52(61)66-34-16-14-32-64-50(59)6-3/h4-6,9-10,17-18,27-28,35-36,39-42H,1-3,7-8,11-16,19-26,29-34,37-38H2/b54-36+. The van der Waals surface area contributed by atoms with Gasteiger partial charge in [-0.25, -0.2) is 24.4 Å². The number of hydrogen-bond acceptors (Lipinski definition) is 16. The number of anilines is 1. The average molecular weight is 972 g/mol. The summed E-state index contributed by atoms with van der Waals surface area (Å²) < 4.78 is 40.2. The van der Waals surface area contributed by atoms with E-state index in [0.29, 0.717) is 76.8 Å². The SMILES string of the molecule is C=CC(=O)OCCCCCCN(/N=C/c1cc(OCC2CCC(C(=O)OCCCCOC(=O)C=C)CC2)ccc1OCC1CCC(C(=O)OCCCCOC(=O)C=C)CC1)c1nc2ccccc2s1. The van der Waals surface area contributed by atoms with Crippen molar-refractivity contribution in [2.24, 2.45) is 28.8 Å². The van der Waals surface area contributed by atoms with Gasteiger partial charge in [-0.05, 0) is 138 Å². The number of para-hydroxylation sites is 1. The van der Waals surface area contributed by atoms with E-state index < -0.39 is 17.9 Å². The fourth-order valence-corrected chi connectivity index (χ4v) is 9.06. The van der Waals surface area contributed by atoms with E-state index in [2.05, 4.69) is 25.8 Å². The fourth-order valence-electron chi connectivity index (χ4n) is 8.11. The summed E-state index contributed by atoms with van der Waals surface area (Å²) >= 11 is 1.58. The molecule has 0 unspecified atom stereocenters. The number of esters is 5. The Hall–Kier alpha value is -6.03. The van der Waals surface area contributed by atoms with Crippen molar-refractivity contribution in [3.8, 4) is 11.5 Å². The topological polar surface area (TPSA) is 178 Å². The van der Waals surface area contributed by atoms with Crippen molar-refractivity contribution in [1.82, 2.24) is 4.98 Å². The molecule has 2 aliphatic rings. The normalized spacial score (nSPS) is 17.9. The van der Waals surface area contributed by atoms with E-state index in [1.54, 1.807) is 11.3 Å². The predicted molar refractivity (Wildman–Crippen MR) is 265 cm³/mol. The highest BCUT2D eigenvalue weighted by Crippen LogP contribution is 2.34. The van der Waals surface area contributed by atoms with Gasteiger partial charge in [0.15, 0.2) is 0 Å². The number of aromatic nitrogens is 1. The predicted octanol–water partition coefficient (Wildman–Crippen LogP) is 9.90. The smallest absolute Gasteiger partial charge is 0.330 e. The number of hydrogen-bond donors (Lipinski definition) is 0. The van der Waals surface area contributed by atoms with E-state index >= 15 is 0 Å². The van der Waals surface area contributed by atoms with Crippen LogP contribution in [0.4, 0.5) is 5.13 Å². The first-order valence-electron chi connectivity index (χ1n) is 24.4. The first-order valence-corrected chi connectivity index (χ1v) is 25.2. The van der Waals surface area contributed by atoms with E-state index in [9.17, 15) is 24.0 Å². The molecule has 2 aromatic carbocycles. The summed E-state index contributed by atoms with van der Waals surface area (Å²) in [6.45, 7) is 13.3. The van der Waals surface area contributed by atoms with Gasteiger partial charge in [-0.2, -0.15) is 5.10 Å². The lowest BCUT2D eigenvalue weighted by atomic mass is 9.82. The largest absolute Gasteiger partial charge is 0.493 e. The van der Waals surface area contributed by atoms with Gasteiger partial charge in [0.05, 0.1) is 74.5 Å². The first-order chi connectivity index (χ1) is 33.6. The molecule has 0 bridgehead atoms. The molecule has 0 N–H and O–H groups in total. The lowest BCUT2D eigenvalue weighted by Gasteiger charge is -2.28. The number of fused-ring (bicyclic) bond motifs is 1. The number of rotatable bonds is 31. The number of nitrogens with zero attached hydrogens (tertiary/aromatic N) is 3. The van der Waals surface area contributed by atoms with Crippen molar-refractivity contribution in [1.29, 1.82) is 0 Å². The lowest BCUT2D eigenvalue weighted by Crippen LogP contribution is -2.26. The van der Waals surface area contributed by atoms with E-state index in [-0.39, 0.29) is 48.8 Å². The molecule has 0 atom stereocenters. The molecule has 2 fully saturated rings. The van der Waals surface area contributed by atoms with Gasteiger partial charge < -0.3 is 33.2 Å². The van der Waals surface area contributed by atoms with Gasteiger partial charge in [0.1, 0.15) is 11.5 Å². The highest BCUT2D eigenvalue weighted by Gasteiger charge is 2.29. The third kappa shape index (κ3) is 19.5. The maximum atomic E-state index is 12.8. The Balaban J connectivity index is 1.18. The third-order valence-electron chi connectivity index (χ3n) is 12.2. The van der Waals surface area contributed by atoms with Crippen LogP contribution in [-0.2, 0) is 47.7 Å². The van der Waals surface area contributed by atoms with E-state index in [0.717, 1.165) is 110 Å². The van der Waals surface area contributed by atoms with Crippen LogP contribution < -0.4 is 14.5 Å². The molecule has 0 amide bonds. The molecule has 0 radical (unpaired) electrons. The van der Waals surface area contributed by atoms with Crippen LogP contribution in [-0.4, -0.2) is 93.8 Å². The van der Waals surface area contributed by atoms with Crippen LogP contribution in [0.2, 0.25) is 0 Å². The van der Waals surface area contributed by atoms with E-state index in [4.69, 9.17) is 43.2 Å². The quantitative estimate of drug-likeness (QED) is 0.0149. The molecule has 2 saturated carbocycles. The molecule has 0 aliphatic heterocycles. The molecule has 15 nitrogen and oxygen atoms in total. The number of hydrazone groups is 1. The Bertz CT molecular complexity index is 2120. The second-order valence-corrected chi connectivity index (χ2v) is 18.4. The Morgan fingerprint density at radius 1 is 0.609 bits per heavy atom. The van der Waals surface area contributed by atoms with Gasteiger partial charge in [0.2, 0.25) is 5.13 Å². The summed E-state index contributed by atoms with van der Waals surface area (Å²) in [6, 6.07) is 13.8. The van der Waals surface area contributed by atoms with Crippen molar-refractivity contribution in [2.45, 2.75) is 103 Å². The van der Waals surface area contributed by atoms with Gasteiger partial charge >= 0.3 is 29.8 Å². The minimum atomic E-state index is -0.461. The maximum Gasteiger partial charge on any atom is 0.330 e. The second-order valence-electron chi connectivity index (χ2n) is 17.4. The summed E-state index contributed by atoms with van der Waals surface area (Å²) in [5.74, 6) is -0.0747. The van der Waals surface area contributed by atoms with Crippen molar-refractivity contribution in [2.75, 3.05) is 57.8 Å². The van der Waals surface area contributed by atoms with E-state index in [1.807, 2.05) is 47.6 Å². The second kappa shape index (κ2) is 30.5. The summed E-state index contributed by atoms with van der Waals surface area (Å²) in [5.41, 5.74) is 1.66. The van der Waals surface area contributed by atoms with Crippen LogP contribution in [0.5, 0.6) is 11.5 Å². The molecular weight excluding hydrogens is 903 g/mol. The lowest BCUT2D eigenvalue weighted by molar-refractivity contribution is -0.151. The van der Waals surface area contributed by atoms with Crippen molar-refractivity contribution in [3.63, 3.8) is 0 Å². The average Bonchev–Trinajstić information content (AvgIpc) is 3.82. The first kappa shape index (κ1) is 53.9. The molecule has 2 aliphatic carbocycles. The number of unbranched alkanes of at least 4 members (excludes halogenated alkanes) is 5. The van der Waals surface area contributed by atoms with Crippen LogP contribution in [0.15, 0.2) is 85.5 Å². The Morgan fingerprint density at radius 3 is 1.64 bits per heavy atom. The van der Waals surface area contributed by atoms with Crippen LogP contribution in [0.3, 0.4) is 0 Å². The summed E-state index contributed by atoms with van der Waals surface area (Å²) in [6.07, 6.45) is 17.4. The summed E-state index contributed by atoms with van der Waals surface area (Å²) in [4.78, 5) is 64.4. The molecule has 374 valence electrons. The molecule has 5 rings (SSSR count). The molecular formula is C53H69N3O12S. The van der Waals surface area contributed by atoms with Gasteiger partial charge in [-0.3, -0.25) is 9.59 Å². The van der Waals surface area contributed by atoms with Gasteiger partial charge in [0, 0.05) is 30.3 Å². The monoisotopic (exact) mass is 971 g/mol. The summed E-state index contributed by atoms with van der Waals surface area (Å²) in [5, 5.41) is 7.73. The number of carbonyl (C=O) groups excluding carboxylic acids is 5. The zero-order valence-corrected chi connectivity index (χ0v) is 40.7. The molecule has 3 aromatic rings. The summed E-state index contributed by atoms with van der Waals surface area (Å²) in [7, 11) is 0. The van der Waals surface area contributed by atoms with Crippen LogP contribution in [0.1, 0.15) is 108 Å². The number of carbonyl (C=O) groups is 5. The number of thiazole rings is 1. The number of ether oxygens (including phenoxy) is 7. The molecule has 16 heteroatoms. The Kier molecular flexibility index (Phi) is 23.8. The fraction of sp³-hybridized carbons (Fsp3) is 0.528.